The summed E-state index contributed by atoms with van der Waals surface area (Å²) in [6, 6.07) is 5.43. The van der Waals surface area contributed by atoms with E-state index in [-0.39, 0.29) is 6.79 Å². The number of aliphatic hydroxyl groups excluding tert-OH is 1. The number of fused-ring (bicyclic) bond motifs is 1. The van der Waals surface area contributed by atoms with E-state index in [0.29, 0.717) is 37.5 Å². The Hall–Kier alpha value is -1.46. The topological polar surface area (TPSA) is 73.9 Å². The second-order valence-corrected chi connectivity index (χ2v) is 3.88. The molecule has 1 aliphatic rings. The van der Waals surface area contributed by atoms with Crippen LogP contribution in [0.4, 0.5) is 0 Å². The predicted octanol–water partition coefficient (Wildman–Crippen LogP) is 0.894. The fourth-order valence-electron chi connectivity index (χ4n) is 1.62. The standard InChI is InChI=1S/C12H17NO4/c13-5-3-9(14)4-6-15-10-1-2-11-12(7-10)17-8-16-11/h1-2,7,9,14H,3-6,8,13H2. The average Bonchev–Trinajstić information content (AvgIpc) is 2.76. The van der Waals surface area contributed by atoms with Crippen LogP contribution in [0.2, 0.25) is 0 Å². The molecule has 0 aliphatic carbocycles. The molecular weight excluding hydrogens is 222 g/mol. The first kappa shape index (κ1) is 12.0. The van der Waals surface area contributed by atoms with Crippen molar-refractivity contribution in [1.29, 1.82) is 0 Å². The van der Waals surface area contributed by atoms with Gasteiger partial charge in [0.05, 0.1) is 12.7 Å². The molecule has 0 fully saturated rings. The first-order valence-corrected chi connectivity index (χ1v) is 5.70. The number of benzene rings is 1. The zero-order chi connectivity index (χ0) is 12.1. The largest absolute Gasteiger partial charge is 0.493 e. The lowest BCUT2D eigenvalue weighted by molar-refractivity contribution is 0.133. The molecule has 2 rings (SSSR count). The van der Waals surface area contributed by atoms with Crippen molar-refractivity contribution in [3.05, 3.63) is 18.2 Å². The molecule has 0 aromatic heterocycles. The van der Waals surface area contributed by atoms with Crippen LogP contribution in [0.25, 0.3) is 0 Å². The summed E-state index contributed by atoms with van der Waals surface area (Å²) in [5.74, 6) is 2.15. The summed E-state index contributed by atoms with van der Waals surface area (Å²) in [5.41, 5.74) is 5.34. The molecule has 1 aliphatic heterocycles. The Bertz CT molecular complexity index is 370. The van der Waals surface area contributed by atoms with Gasteiger partial charge in [-0.05, 0) is 25.1 Å². The highest BCUT2D eigenvalue weighted by molar-refractivity contribution is 5.46. The van der Waals surface area contributed by atoms with Crippen molar-refractivity contribution in [2.24, 2.45) is 5.73 Å². The molecule has 0 saturated carbocycles. The number of nitrogens with two attached hydrogens (primary N) is 1. The van der Waals surface area contributed by atoms with Gasteiger partial charge in [-0.2, -0.15) is 0 Å². The van der Waals surface area contributed by atoms with Crippen LogP contribution in [0, 0.1) is 0 Å². The molecule has 1 aromatic rings. The van der Waals surface area contributed by atoms with E-state index in [1.165, 1.54) is 0 Å². The van der Waals surface area contributed by atoms with Crippen molar-refractivity contribution in [3.63, 3.8) is 0 Å². The summed E-state index contributed by atoms with van der Waals surface area (Å²) < 4.78 is 15.9. The van der Waals surface area contributed by atoms with Crippen LogP contribution < -0.4 is 19.9 Å². The lowest BCUT2D eigenvalue weighted by atomic mass is 10.2. The molecule has 1 unspecified atom stereocenters. The van der Waals surface area contributed by atoms with Gasteiger partial charge in [0.1, 0.15) is 5.75 Å². The van der Waals surface area contributed by atoms with Crippen LogP contribution in [0.5, 0.6) is 17.2 Å². The van der Waals surface area contributed by atoms with Gasteiger partial charge in [0.2, 0.25) is 6.79 Å². The van der Waals surface area contributed by atoms with Gasteiger partial charge < -0.3 is 25.1 Å². The van der Waals surface area contributed by atoms with Gasteiger partial charge in [0.15, 0.2) is 11.5 Å². The lowest BCUT2D eigenvalue weighted by Gasteiger charge is -2.10. The number of hydrogen-bond donors (Lipinski definition) is 2. The minimum absolute atomic E-state index is 0.258. The third kappa shape index (κ3) is 3.25. The van der Waals surface area contributed by atoms with E-state index < -0.39 is 6.10 Å². The van der Waals surface area contributed by atoms with Crippen LogP contribution in [-0.2, 0) is 0 Å². The van der Waals surface area contributed by atoms with E-state index in [1.54, 1.807) is 6.07 Å². The van der Waals surface area contributed by atoms with Crippen LogP contribution in [-0.4, -0.2) is 31.2 Å². The minimum atomic E-state index is -0.394. The average molecular weight is 239 g/mol. The van der Waals surface area contributed by atoms with Crippen molar-refractivity contribution in [2.45, 2.75) is 18.9 Å². The summed E-state index contributed by atoms with van der Waals surface area (Å²) in [5, 5.41) is 9.48. The van der Waals surface area contributed by atoms with Gasteiger partial charge in [0, 0.05) is 12.5 Å². The Labute approximate surface area is 100 Å². The van der Waals surface area contributed by atoms with Crippen molar-refractivity contribution in [2.75, 3.05) is 19.9 Å². The Balaban J connectivity index is 1.79. The van der Waals surface area contributed by atoms with Crippen molar-refractivity contribution >= 4 is 0 Å². The summed E-state index contributed by atoms with van der Waals surface area (Å²) in [6.07, 6.45) is 0.782. The molecule has 3 N–H and O–H groups in total. The second kappa shape index (κ2) is 5.75. The maximum atomic E-state index is 9.48. The molecule has 0 radical (unpaired) electrons. The van der Waals surface area contributed by atoms with E-state index >= 15 is 0 Å². The van der Waals surface area contributed by atoms with Gasteiger partial charge in [-0.25, -0.2) is 0 Å². The molecule has 0 amide bonds. The fraction of sp³-hybridized carbons (Fsp3) is 0.500. The summed E-state index contributed by atoms with van der Waals surface area (Å²) in [4.78, 5) is 0. The highest BCUT2D eigenvalue weighted by Gasteiger charge is 2.13. The maximum Gasteiger partial charge on any atom is 0.231 e. The number of ether oxygens (including phenoxy) is 3. The first-order valence-electron chi connectivity index (χ1n) is 5.70. The van der Waals surface area contributed by atoms with E-state index in [0.717, 1.165) is 5.75 Å². The number of aliphatic hydroxyl groups is 1. The molecule has 0 saturated heterocycles. The Morgan fingerprint density at radius 1 is 1.29 bits per heavy atom. The van der Waals surface area contributed by atoms with E-state index in [2.05, 4.69) is 0 Å². The van der Waals surface area contributed by atoms with Crippen molar-refractivity contribution in [1.82, 2.24) is 0 Å². The molecule has 5 nitrogen and oxygen atoms in total. The van der Waals surface area contributed by atoms with E-state index in [4.69, 9.17) is 19.9 Å². The highest BCUT2D eigenvalue weighted by Crippen LogP contribution is 2.35. The predicted molar refractivity (Wildman–Crippen MR) is 62.4 cm³/mol. The second-order valence-electron chi connectivity index (χ2n) is 3.88. The smallest absolute Gasteiger partial charge is 0.231 e. The van der Waals surface area contributed by atoms with E-state index in [9.17, 15) is 5.11 Å². The quantitative estimate of drug-likeness (QED) is 0.771. The van der Waals surface area contributed by atoms with Gasteiger partial charge in [0.25, 0.3) is 0 Å². The zero-order valence-corrected chi connectivity index (χ0v) is 9.59. The highest BCUT2D eigenvalue weighted by atomic mass is 16.7. The Morgan fingerprint density at radius 3 is 2.94 bits per heavy atom. The Morgan fingerprint density at radius 2 is 2.12 bits per heavy atom. The first-order chi connectivity index (χ1) is 8.29. The zero-order valence-electron chi connectivity index (χ0n) is 9.59. The molecule has 94 valence electrons. The molecule has 0 bridgehead atoms. The molecule has 1 atom stereocenters. The molecule has 1 aromatic carbocycles. The van der Waals surface area contributed by atoms with Crippen LogP contribution in [0.15, 0.2) is 18.2 Å². The molecule has 5 heteroatoms. The lowest BCUT2D eigenvalue weighted by Crippen LogP contribution is -2.16. The normalized spacial score (nSPS) is 14.7. The van der Waals surface area contributed by atoms with Crippen LogP contribution >= 0.6 is 0 Å². The summed E-state index contributed by atoms with van der Waals surface area (Å²) in [6.45, 7) is 1.21. The molecule has 1 heterocycles. The summed E-state index contributed by atoms with van der Waals surface area (Å²) >= 11 is 0. The SMILES string of the molecule is NCCC(O)CCOc1ccc2c(c1)OCO2. The monoisotopic (exact) mass is 239 g/mol. The van der Waals surface area contributed by atoms with Gasteiger partial charge in [-0.1, -0.05) is 0 Å². The van der Waals surface area contributed by atoms with Gasteiger partial charge in [-0.3, -0.25) is 0 Å². The van der Waals surface area contributed by atoms with Crippen molar-refractivity contribution < 1.29 is 19.3 Å². The van der Waals surface area contributed by atoms with E-state index in [1.807, 2.05) is 12.1 Å². The third-order valence-corrected chi connectivity index (χ3v) is 2.56. The number of hydrogen-bond acceptors (Lipinski definition) is 5. The van der Waals surface area contributed by atoms with Gasteiger partial charge in [-0.15, -0.1) is 0 Å². The maximum absolute atomic E-state index is 9.48. The van der Waals surface area contributed by atoms with Gasteiger partial charge >= 0.3 is 0 Å². The molecule has 17 heavy (non-hydrogen) atoms. The molecule has 0 spiro atoms. The Kier molecular flexibility index (Phi) is 4.06. The van der Waals surface area contributed by atoms with Crippen LogP contribution in [0.1, 0.15) is 12.8 Å². The van der Waals surface area contributed by atoms with Crippen molar-refractivity contribution in [3.8, 4) is 17.2 Å². The fourth-order valence-corrected chi connectivity index (χ4v) is 1.62. The number of rotatable bonds is 6. The third-order valence-electron chi connectivity index (χ3n) is 2.56. The minimum Gasteiger partial charge on any atom is -0.493 e. The van der Waals surface area contributed by atoms with Crippen LogP contribution in [0.3, 0.4) is 0 Å². The summed E-state index contributed by atoms with van der Waals surface area (Å²) in [7, 11) is 0. The molecular formula is C12H17NO4.